The van der Waals surface area contributed by atoms with Gasteiger partial charge in [0.05, 0.1) is 17.9 Å². The molecule has 2 heterocycles. The number of carbonyl (C=O) groups is 1. The van der Waals surface area contributed by atoms with Crippen LogP contribution in [0.4, 0.5) is 0 Å². The number of carbonyl (C=O) groups excluding carboxylic acids is 1. The molecule has 1 fully saturated rings. The average molecular weight is 252 g/mol. The maximum Gasteiger partial charge on any atom is 0.253 e. The predicted molar refractivity (Wildman–Crippen MR) is 68.0 cm³/mol. The number of pyridine rings is 1. The van der Waals surface area contributed by atoms with Gasteiger partial charge in [-0.15, -0.1) is 0 Å². The number of aliphatic hydroxyl groups excluding tert-OH is 1. The smallest absolute Gasteiger partial charge is 0.253 e. The second-order valence-electron chi connectivity index (χ2n) is 4.08. The van der Waals surface area contributed by atoms with E-state index in [2.05, 4.69) is 10.3 Å². The summed E-state index contributed by atoms with van der Waals surface area (Å²) in [5.74, 6) is 2.11. The van der Waals surface area contributed by atoms with Gasteiger partial charge in [-0.1, -0.05) is 0 Å². The molecule has 1 aromatic rings. The van der Waals surface area contributed by atoms with Crippen LogP contribution in [0.25, 0.3) is 0 Å². The van der Waals surface area contributed by atoms with Gasteiger partial charge >= 0.3 is 0 Å². The molecular formula is C12H16N2O2S. The molecule has 0 aliphatic carbocycles. The molecule has 0 radical (unpaired) electrons. The molecule has 0 saturated carbocycles. The molecule has 92 valence electrons. The summed E-state index contributed by atoms with van der Waals surface area (Å²) < 4.78 is 0. The van der Waals surface area contributed by atoms with Crippen molar-refractivity contribution in [3.05, 3.63) is 29.6 Å². The minimum Gasteiger partial charge on any atom is -0.390 e. The number of amides is 1. The molecule has 1 amide bonds. The molecule has 4 nitrogen and oxygen atoms in total. The van der Waals surface area contributed by atoms with Gasteiger partial charge in [-0.3, -0.25) is 9.78 Å². The molecule has 0 spiro atoms. The van der Waals surface area contributed by atoms with Crippen molar-refractivity contribution in [1.29, 1.82) is 0 Å². The Bertz CT molecular complexity index is 375. The molecule has 1 atom stereocenters. The molecule has 0 aromatic carbocycles. The van der Waals surface area contributed by atoms with Crippen molar-refractivity contribution in [1.82, 2.24) is 10.3 Å². The monoisotopic (exact) mass is 252 g/mol. The molecule has 2 N–H and O–H groups in total. The summed E-state index contributed by atoms with van der Waals surface area (Å²) in [5.41, 5.74) is 1.13. The molecule has 0 bridgehead atoms. The highest BCUT2D eigenvalue weighted by molar-refractivity contribution is 7.99. The van der Waals surface area contributed by atoms with Crippen LogP contribution in [-0.4, -0.2) is 33.5 Å². The molecule has 1 aliphatic heterocycles. The highest BCUT2D eigenvalue weighted by Crippen LogP contribution is 2.17. The lowest BCUT2D eigenvalue weighted by atomic mass is 10.1. The van der Waals surface area contributed by atoms with Gasteiger partial charge in [0.25, 0.3) is 5.91 Å². The van der Waals surface area contributed by atoms with Gasteiger partial charge in [-0.05, 0) is 30.7 Å². The van der Waals surface area contributed by atoms with Gasteiger partial charge in [0, 0.05) is 18.0 Å². The largest absolute Gasteiger partial charge is 0.390 e. The molecule has 1 unspecified atom stereocenters. The third-order valence-electron chi connectivity index (χ3n) is 2.74. The summed E-state index contributed by atoms with van der Waals surface area (Å²) in [6.45, 7) is -0.0961. The number of hydrogen-bond donors (Lipinski definition) is 2. The normalized spacial score (nSPS) is 19.9. The average Bonchev–Trinajstić information content (AvgIpc) is 2.40. The van der Waals surface area contributed by atoms with E-state index in [4.69, 9.17) is 5.11 Å². The number of aliphatic hydroxyl groups is 1. The summed E-state index contributed by atoms with van der Waals surface area (Å²) in [7, 11) is 0. The standard InChI is InChI=1S/C12H16N2O2S/c15-7-10-4-3-9(6-13-10)12(16)14-11-2-1-5-17-8-11/h3-4,6,11,15H,1-2,5,7-8H2,(H,14,16). The van der Waals surface area contributed by atoms with Crippen LogP contribution in [0.1, 0.15) is 28.9 Å². The van der Waals surface area contributed by atoms with Crippen LogP contribution >= 0.6 is 11.8 Å². The maximum absolute atomic E-state index is 11.9. The summed E-state index contributed by atoms with van der Waals surface area (Å²) in [6.07, 6.45) is 3.73. The zero-order valence-electron chi connectivity index (χ0n) is 9.56. The van der Waals surface area contributed by atoms with E-state index in [9.17, 15) is 4.79 Å². The molecule has 1 aliphatic rings. The van der Waals surface area contributed by atoms with E-state index >= 15 is 0 Å². The van der Waals surface area contributed by atoms with Crippen molar-refractivity contribution in [2.24, 2.45) is 0 Å². The van der Waals surface area contributed by atoms with Crippen molar-refractivity contribution in [3.63, 3.8) is 0 Å². The summed E-state index contributed by atoms with van der Waals surface area (Å²) >= 11 is 1.88. The Kier molecular flexibility index (Phi) is 4.39. The number of nitrogens with one attached hydrogen (secondary N) is 1. The predicted octanol–water partition coefficient (Wildman–Crippen LogP) is 1.20. The highest BCUT2D eigenvalue weighted by Gasteiger charge is 2.16. The molecule has 2 rings (SSSR count). The first-order chi connectivity index (χ1) is 8.29. The maximum atomic E-state index is 11.9. The first-order valence-corrected chi connectivity index (χ1v) is 6.89. The number of aromatic nitrogens is 1. The molecule has 17 heavy (non-hydrogen) atoms. The van der Waals surface area contributed by atoms with Gasteiger partial charge in [-0.2, -0.15) is 11.8 Å². The fourth-order valence-corrected chi connectivity index (χ4v) is 2.85. The zero-order valence-corrected chi connectivity index (χ0v) is 10.4. The number of hydrogen-bond acceptors (Lipinski definition) is 4. The number of rotatable bonds is 3. The lowest BCUT2D eigenvalue weighted by molar-refractivity contribution is 0.0938. The van der Waals surface area contributed by atoms with Gasteiger partial charge in [0.15, 0.2) is 0 Å². The Morgan fingerprint density at radius 3 is 3.06 bits per heavy atom. The SMILES string of the molecule is O=C(NC1CCCSC1)c1ccc(CO)nc1. The van der Waals surface area contributed by atoms with Crippen molar-refractivity contribution in [2.75, 3.05) is 11.5 Å². The first kappa shape index (κ1) is 12.4. The second-order valence-corrected chi connectivity index (χ2v) is 5.23. The molecule has 1 saturated heterocycles. The third-order valence-corrected chi connectivity index (χ3v) is 3.96. The Hall–Kier alpha value is -1.07. The lowest BCUT2D eigenvalue weighted by Crippen LogP contribution is -2.38. The minimum atomic E-state index is -0.0961. The third kappa shape index (κ3) is 3.44. The first-order valence-electron chi connectivity index (χ1n) is 5.74. The summed E-state index contributed by atoms with van der Waals surface area (Å²) in [4.78, 5) is 15.9. The van der Waals surface area contributed by atoms with Crippen molar-refractivity contribution >= 4 is 17.7 Å². The fourth-order valence-electron chi connectivity index (χ4n) is 1.78. The van der Waals surface area contributed by atoms with E-state index in [1.54, 1.807) is 12.1 Å². The van der Waals surface area contributed by atoms with Crippen LogP contribution in [0.2, 0.25) is 0 Å². The van der Waals surface area contributed by atoms with Crippen LogP contribution in [0.5, 0.6) is 0 Å². The van der Waals surface area contributed by atoms with Gasteiger partial charge in [0.1, 0.15) is 0 Å². The van der Waals surface area contributed by atoms with Crippen LogP contribution in [0.15, 0.2) is 18.3 Å². The molecular weight excluding hydrogens is 236 g/mol. The molecule has 1 aromatic heterocycles. The van der Waals surface area contributed by atoms with E-state index in [-0.39, 0.29) is 18.6 Å². The number of nitrogens with zero attached hydrogens (tertiary/aromatic N) is 1. The van der Waals surface area contributed by atoms with Gasteiger partial charge < -0.3 is 10.4 Å². The Labute approximate surface area is 105 Å². The van der Waals surface area contributed by atoms with E-state index < -0.39 is 0 Å². The Morgan fingerprint density at radius 2 is 2.47 bits per heavy atom. The van der Waals surface area contributed by atoms with Crippen LogP contribution in [-0.2, 0) is 6.61 Å². The summed E-state index contributed by atoms with van der Waals surface area (Å²) in [6, 6.07) is 3.65. The lowest BCUT2D eigenvalue weighted by Gasteiger charge is -2.22. The van der Waals surface area contributed by atoms with Crippen molar-refractivity contribution in [2.45, 2.75) is 25.5 Å². The second kappa shape index (κ2) is 6.02. The minimum absolute atomic E-state index is 0.0745. The van der Waals surface area contributed by atoms with Crippen LogP contribution < -0.4 is 5.32 Å². The van der Waals surface area contributed by atoms with Crippen LogP contribution in [0.3, 0.4) is 0 Å². The highest BCUT2D eigenvalue weighted by atomic mass is 32.2. The quantitative estimate of drug-likeness (QED) is 0.848. The Morgan fingerprint density at radius 1 is 1.59 bits per heavy atom. The van der Waals surface area contributed by atoms with Crippen LogP contribution in [0, 0.1) is 0 Å². The van der Waals surface area contributed by atoms with E-state index in [0.717, 1.165) is 18.6 Å². The summed E-state index contributed by atoms with van der Waals surface area (Å²) in [5, 5.41) is 11.9. The van der Waals surface area contributed by atoms with E-state index in [1.807, 2.05) is 11.8 Å². The van der Waals surface area contributed by atoms with Gasteiger partial charge in [-0.25, -0.2) is 0 Å². The van der Waals surface area contributed by atoms with E-state index in [1.165, 1.54) is 11.9 Å². The number of thioether (sulfide) groups is 1. The van der Waals surface area contributed by atoms with Gasteiger partial charge in [0.2, 0.25) is 0 Å². The Balaban J connectivity index is 1.93. The van der Waals surface area contributed by atoms with Crippen molar-refractivity contribution in [3.8, 4) is 0 Å². The topological polar surface area (TPSA) is 62.2 Å². The molecule has 5 heteroatoms. The van der Waals surface area contributed by atoms with Crippen molar-refractivity contribution < 1.29 is 9.90 Å². The zero-order chi connectivity index (χ0) is 12.1. The van der Waals surface area contributed by atoms with E-state index in [0.29, 0.717) is 11.3 Å². The fraction of sp³-hybridized carbons (Fsp3) is 0.500.